The van der Waals surface area contributed by atoms with Crippen molar-refractivity contribution in [1.82, 2.24) is 14.3 Å². The van der Waals surface area contributed by atoms with Crippen molar-refractivity contribution < 1.29 is 21.6 Å². The molecule has 35 heavy (non-hydrogen) atoms. The number of sulfonamides is 1. The summed E-state index contributed by atoms with van der Waals surface area (Å²) in [5, 5.41) is 0. The van der Waals surface area contributed by atoms with E-state index in [9.17, 15) is 13.2 Å². The highest BCUT2D eigenvalue weighted by Crippen LogP contribution is 2.41. The zero-order valence-corrected chi connectivity index (χ0v) is 20.3. The normalized spacial score (nSPS) is 22.3. The average molecular weight is 506 g/mol. The first-order valence-corrected chi connectivity index (χ1v) is 13.1. The van der Waals surface area contributed by atoms with Crippen LogP contribution in [0.3, 0.4) is 0 Å². The molecule has 2 aromatic carbocycles. The maximum absolute atomic E-state index is 15.6. The third-order valence-electron chi connectivity index (χ3n) is 6.26. The standard InChI is InChI=1S/C25H26F3N3O3S/c1-14(2)31-13-29-24-19(25(31)32)18(23(21(27)22(24)28)30-35(3,33)34)12-16-10-7-11-17(20(16)26)15-8-5-4-6-9-15/h4-11,13-14,18,21-23,30H,12H2,1-3H3. The minimum atomic E-state index is -3.99. The van der Waals surface area contributed by atoms with Crippen LogP contribution in [0.4, 0.5) is 13.2 Å². The lowest BCUT2D eigenvalue weighted by molar-refractivity contribution is 0.104. The van der Waals surface area contributed by atoms with E-state index >= 15 is 13.2 Å². The van der Waals surface area contributed by atoms with Gasteiger partial charge >= 0.3 is 0 Å². The summed E-state index contributed by atoms with van der Waals surface area (Å²) in [6.07, 6.45) is -2.88. The van der Waals surface area contributed by atoms with Crippen LogP contribution in [0.25, 0.3) is 11.1 Å². The van der Waals surface area contributed by atoms with E-state index in [1.807, 2.05) is 0 Å². The molecule has 0 bridgehead atoms. The Bertz CT molecular complexity index is 1390. The first-order valence-electron chi connectivity index (χ1n) is 11.2. The summed E-state index contributed by atoms with van der Waals surface area (Å²) >= 11 is 0. The number of aromatic nitrogens is 2. The highest BCUT2D eigenvalue weighted by atomic mass is 32.2. The van der Waals surface area contributed by atoms with Gasteiger partial charge in [0.2, 0.25) is 10.0 Å². The van der Waals surface area contributed by atoms with E-state index in [1.165, 1.54) is 10.6 Å². The summed E-state index contributed by atoms with van der Waals surface area (Å²) in [7, 11) is -3.99. The molecule has 3 aromatic rings. The Morgan fingerprint density at radius 3 is 2.40 bits per heavy atom. The van der Waals surface area contributed by atoms with Crippen LogP contribution in [-0.4, -0.2) is 36.4 Å². The summed E-state index contributed by atoms with van der Waals surface area (Å²) in [4.78, 5) is 17.4. The largest absolute Gasteiger partial charge is 0.296 e. The second-order valence-electron chi connectivity index (χ2n) is 9.07. The Morgan fingerprint density at radius 1 is 1.09 bits per heavy atom. The lowest BCUT2D eigenvalue weighted by atomic mass is 9.76. The molecule has 1 aliphatic rings. The fourth-order valence-electron chi connectivity index (χ4n) is 4.60. The zero-order chi connectivity index (χ0) is 25.5. The highest BCUT2D eigenvalue weighted by molar-refractivity contribution is 7.88. The molecule has 186 valence electrons. The second kappa shape index (κ2) is 9.58. The van der Waals surface area contributed by atoms with Crippen LogP contribution in [0.15, 0.2) is 59.7 Å². The summed E-state index contributed by atoms with van der Waals surface area (Å²) in [6, 6.07) is 11.6. The first kappa shape index (κ1) is 25.1. The van der Waals surface area contributed by atoms with Crippen LogP contribution >= 0.6 is 0 Å². The molecule has 1 aliphatic carbocycles. The molecule has 0 aliphatic heterocycles. The smallest absolute Gasteiger partial charge is 0.257 e. The van der Waals surface area contributed by atoms with E-state index < -0.39 is 45.7 Å². The Morgan fingerprint density at radius 2 is 1.77 bits per heavy atom. The monoisotopic (exact) mass is 505 g/mol. The summed E-state index contributed by atoms with van der Waals surface area (Å²) in [5.41, 5.74) is -0.0600. The Labute approximate surface area is 201 Å². The van der Waals surface area contributed by atoms with Gasteiger partial charge in [-0.25, -0.2) is 31.3 Å². The van der Waals surface area contributed by atoms with Crippen LogP contribution in [-0.2, 0) is 16.4 Å². The van der Waals surface area contributed by atoms with Gasteiger partial charge in [-0.2, -0.15) is 0 Å². The van der Waals surface area contributed by atoms with Crippen molar-refractivity contribution in [2.24, 2.45) is 0 Å². The number of hydrogen-bond acceptors (Lipinski definition) is 4. The number of halogens is 3. The van der Waals surface area contributed by atoms with Gasteiger partial charge in [-0.05, 0) is 31.4 Å². The van der Waals surface area contributed by atoms with Crippen molar-refractivity contribution in [2.45, 2.75) is 50.6 Å². The molecular weight excluding hydrogens is 479 g/mol. The third kappa shape index (κ3) is 4.90. The maximum Gasteiger partial charge on any atom is 0.257 e. The predicted molar refractivity (Wildman–Crippen MR) is 128 cm³/mol. The lowest BCUT2D eigenvalue weighted by Gasteiger charge is -2.37. The summed E-state index contributed by atoms with van der Waals surface area (Å²) in [5.74, 6) is -1.77. The van der Waals surface area contributed by atoms with E-state index in [0.29, 0.717) is 11.1 Å². The third-order valence-corrected chi connectivity index (χ3v) is 6.96. The molecule has 1 heterocycles. The Balaban J connectivity index is 1.89. The zero-order valence-electron chi connectivity index (χ0n) is 19.5. The van der Waals surface area contributed by atoms with Crippen molar-refractivity contribution in [3.63, 3.8) is 0 Å². The van der Waals surface area contributed by atoms with Gasteiger partial charge in [-0.3, -0.25) is 9.36 Å². The topological polar surface area (TPSA) is 81.1 Å². The predicted octanol–water partition coefficient (Wildman–Crippen LogP) is 4.24. The van der Waals surface area contributed by atoms with Crippen LogP contribution in [0.1, 0.15) is 48.8 Å². The van der Waals surface area contributed by atoms with E-state index in [2.05, 4.69) is 9.71 Å². The SMILES string of the molecule is CC(C)n1cnc2c(c1=O)C(Cc1cccc(-c3ccccc3)c1F)C(NS(C)(=O)=O)C(F)C2F. The molecule has 10 heteroatoms. The van der Waals surface area contributed by atoms with E-state index in [0.717, 1.165) is 12.6 Å². The van der Waals surface area contributed by atoms with Gasteiger partial charge in [0.15, 0.2) is 12.3 Å². The average Bonchev–Trinajstić information content (AvgIpc) is 2.80. The molecule has 1 N–H and O–H groups in total. The van der Waals surface area contributed by atoms with Crippen LogP contribution in [0.5, 0.6) is 0 Å². The van der Waals surface area contributed by atoms with Crippen molar-refractivity contribution in [3.05, 3.63) is 87.9 Å². The Hall–Kier alpha value is -2.98. The van der Waals surface area contributed by atoms with Crippen molar-refractivity contribution in [3.8, 4) is 11.1 Å². The summed E-state index contributed by atoms with van der Waals surface area (Å²) < 4.78 is 73.5. The number of nitrogens with one attached hydrogen (secondary N) is 1. The molecule has 4 unspecified atom stereocenters. The van der Waals surface area contributed by atoms with Gasteiger partial charge in [-0.15, -0.1) is 0 Å². The van der Waals surface area contributed by atoms with E-state index in [1.54, 1.807) is 56.3 Å². The van der Waals surface area contributed by atoms with Gasteiger partial charge in [0.05, 0.1) is 24.3 Å². The van der Waals surface area contributed by atoms with Crippen LogP contribution < -0.4 is 10.3 Å². The van der Waals surface area contributed by atoms with Crippen LogP contribution in [0, 0.1) is 5.82 Å². The first-order chi connectivity index (χ1) is 16.5. The Kier molecular flexibility index (Phi) is 6.88. The number of fused-ring (bicyclic) bond motifs is 1. The van der Waals surface area contributed by atoms with Crippen molar-refractivity contribution in [2.75, 3.05) is 6.26 Å². The molecule has 0 fully saturated rings. The minimum absolute atomic E-state index is 0.145. The van der Waals surface area contributed by atoms with Crippen LogP contribution in [0.2, 0.25) is 0 Å². The molecule has 0 amide bonds. The molecule has 0 saturated carbocycles. The van der Waals surface area contributed by atoms with Gasteiger partial charge < -0.3 is 0 Å². The fraction of sp³-hybridized carbons (Fsp3) is 0.360. The lowest BCUT2D eigenvalue weighted by Crippen LogP contribution is -2.52. The number of benzene rings is 2. The van der Waals surface area contributed by atoms with E-state index in [4.69, 9.17) is 0 Å². The van der Waals surface area contributed by atoms with Gasteiger partial charge in [0.25, 0.3) is 5.56 Å². The van der Waals surface area contributed by atoms with Gasteiger partial charge in [0, 0.05) is 23.1 Å². The van der Waals surface area contributed by atoms with Crippen molar-refractivity contribution >= 4 is 10.0 Å². The molecule has 6 nitrogen and oxygen atoms in total. The molecule has 0 radical (unpaired) electrons. The number of rotatable bonds is 6. The summed E-state index contributed by atoms with van der Waals surface area (Å²) in [6.45, 7) is 3.46. The molecular formula is C25H26F3N3O3S. The quantitative estimate of drug-likeness (QED) is 0.544. The number of hydrogen-bond donors (Lipinski definition) is 1. The highest BCUT2D eigenvalue weighted by Gasteiger charge is 2.47. The molecule has 4 rings (SSSR count). The van der Waals surface area contributed by atoms with Gasteiger partial charge in [-0.1, -0.05) is 48.5 Å². The molecule has 0 saturated heterocycles. The number of alkyl halides is 2. The minimum Gasteiger partial charge on any atom is -0.296 e. The molecule has 4 atom stereocenters. The molecule has 0 spiro atoms. The molecule has 1 aromatic heterocycles. The van der Waals surface area contributed by atoms with E-state index in [-0.39, 0.29) is 29.3 Å². The fourth-order valence-corrected chi connectivity index (χ4v) is 5.39. The van der Waals surface area contributed by atoms with Crippen molar-refractivity contribution in [1.29, 1.82) is 0 Å². The maximum atomic E-state index is 15.6. The number of nitrogens with zero attached hydrogens (tertiary/aromatic N) is 2. The van der Waals surface area contributed by atoms with Gasteiger partial charge in [0.1, 0.15) is 5.82 Å². The second-order valence-corrected chi connectivity index (χ2v) is 10.8.